The average molecular weight is 291 g/mol. The summed E-state index contributed by atoms with van der Waals surface area (Å²) in [6, 6.07) is 7.18. The van der Waals surface area contributed by atoms with Gasteiger partial charge in [-0.2, -0.15) is 0 Å². The average Bonchev–Trinajstić information content (AvgIpc) is 2.44. The van der Waals surface area contributed by atoms with Crippen molar-refractivity contribution in [3.05, 3.63) is 68.7 Å². The lowest BCUT2D eigenvalue weighted by molar-refractivity contribution is -0.121. The van der Waals surface area contributed by atoms with Gasteiger partial charge in [0, 0.05) is 18.8 Å². The first-order valence-corrected chi connectivity index (χ1v) is 6.35. The molecule has 0 aliphatic heterocycles. The molecule has 0 saturated heterocycles. The lowest BCUT2D eigenvalue weighted by atomic mass is 10.1. The van der Waals surface area contributed by atoms with Crippen LogP contribution in [-0.4, -0.2) is 22.0 Å². The second kappa shape index (κ2) is 6.65. The Hall–Kier alpha value is -2.70. The van der Waals surface area contributed by atoms with E-state index >= 15 is 0 Å². The fourth-order valence-electron chi connectivity index (χ4n) is 1.78. The molecule has 1 aromatic carbocycles. The zero-order valence-electron chi connectivity index (χ0n) is 11.1. The SMILES string of the molecule is O=C(Cn1ccc(=O)[nH]c1=O)NCCc1ccc(F)cc1. The Morgan fingerprint density at radius 1 is 1.19 bits per heavy atom. The smallest absolute Gasteiger partial charge is 0.328 e. The van der Waals surface area contributed by atoms with Gasteiger partial charge in [-0.25, -0.2) is 9.18 Å². The number of rotatable bonds is 5. The molecule has 2 N–H and O–H groups in total. The number of carbonyl (C=O) groups excluding carboxylic acids is 1. The number of hydrogen-bond acceptors (Lipinski definition) is 3. The van der Waals surface area contributed by atoms with Crippen molar-refractivity contribution in [3.8, 4) is 0 Å². The number of carbonyl (C=O) groups is 1. The van der Waals surface area contributed by atoms with Crippen LogP contribution in [0.2, 0.25) is 0 Å². The van der Waals surface area contributed by atoms with Gasteiger partial charge < -0.3 is 5.32 Å². The highest BCUT2D eigenvalue weighted by Crippen LogP contribution is 2.02. The number of amides is 1. The van der Waals surface area contributed by atoms with E-state index in [1.165, 1.54) is 24.4 Å². The molecule has 21 heavy (non-hydrogen) atoms. The van der Waals surface area contributed by atoms with E-state index in [-0.39, 0.29) is 18.3 Å². The molecule has 110 valence electrons. The van der Waals surface area contributed by atoms with Crippen LogP contribution in [0.15, 0.2) is 46.1 Å². The second-order valence-corrected chi connectivity index (χ2v) is 4.46. The number of aromatic amines is 1. The minimum Gasteiger partial charge on any atom is -0.354 e. The summed E-state index contributed by atoms with van der Waals surface area (Å²) in [7, 11) is 0. The summed E-state index contributed by atoms with van der Waals surface area (Å²) in [6.45, 7) is 0.210. The van der Waals surface area contributed by atoms with Crippen LogP contribution in [0.1, 0.15) is 5.56 Å². The van der Waals surface area contributed by atoms with Crippen LogP contribution in [0.25, 0.3) is 0 Å². The number of H-pyrrole nitrogens is 1. The quantitative estimate of drug-likeness (QED) is 0.815. The summed E-state index contributed by atoms with van der Waals surface area (Å²) in [5, 5.41) is 2.65. The molecule has 0 aliphatic carbocycles. The summed E-state index contributed by atoms with van der Waals surface area (Å²) in [6.07, 6.45) is 1.83. The fourth-order valence-corrected chi connectivity index (χ4v) is 1.78. The number of hydrogen-bond donors (Lipinski definition) is 2. The van der Waals surface area contributed by atoms with E-state index in [4.69, 9.17) is 0 Å². The van der Waals surface area contributed by atoms with Crippen LogP contribution < -0.4 is 16.6 Å². The third-order valence-electron chi connectivity index (χ3n) is 2.86. The van der Waals surface area contributed by atoms with Gasteiger partial charge in [0.1, 0.15) is 12.4 Å². The highest BCUT2D eigenvalue weighted by Gasteiger charge is 2.04. The highest BCUT2D eigenvalue weighted by molar-refractivity contribution is 5.75. The molecule has 0 atom stereocenters. The van der Waals surface area contributed by atoms with Gasteiger partial charge >= 0.3 is 5.69 Å². The summed E-state index contributed by atoms with van der Waals surface area (Å²) >= 11 is 0. The zero-order chi connectivity index (χ0) is 15.2. The van der Waals surface area contributed by atoms with Gasteiger partial charge in [-0.1, -0.05) is 12.1 Å². The van der Waals surface area contributed by atoms with Crippen molar-refractivity contribution in [1.82, 2.24) is 14.9 Å². The van der Waals surface area contributed by atoms with Crippen molar-refractivity contribution < 1.29 is 9.18 Å². The van der Waals surface area contributed by atoms with Crippen molar-refractivity contribution in [2.45, 2.75) is 13.0 Å². The third kappa shape index (κ3) is 4.41. The zero-order valence-corrected chi connectivity index (χ0v) is 11.1. The van der Waals surface area contributed by atoms with Gasteiger partial charge in [0.2, 0.25) is 5.91 Å². The predicted molar refractivity (Wildman–Crippen MR) is 74.4 cm³/mol. The topological polar surface area (TPSA) is 84.0 Å². The third-order valence-corrected chi connectivity index (χ3v) is 2.86. The van der Waals surface area contributed by atoms with Gasteiger partial charge in [-0.3, -0.25) is 19.1 Å². The predicted octanol–water partition coefficient (Wildman–Crippen LogP) is 0.0346. The highest BCUT2D eigenvalue weighted by atomic mass is 19.1. The van der Waals surface area contributed by atoms with E-state index in [0.717, 1.165) is 10.1 Å². The molecular weight excluding hydrogens is 277 g/mol. The molecule has 0 fully saturated rings. The van der Waals surface area contributed by atoms with E-state index in [1.807, 2.05) is 0 Å². The Kier molecular flexibility index (Phi) is 4.65. The maximum atomic E-state index is 12.7. The van der Waals surface area contributed by atoms with Crippen LogP contribution in [0, 0.1) is 5.82 Å². The molecule has 0 unspecified atom stereocenters. The minimum atomic E-state index is -0.629. The number of aromatic nitrogens is 2. The molecule has 2 aromatic rings. The molecule has 2 rings (SSSR count). The maximum Gasteiger partial charge on any atom is 0.328 e. The van der Waals surface area contributed by atoms with Crippen LogP contribution in [-0.2, 0) is 17.8 Å². The van der Waals surface area contributed by atoms with Crippen molar-refractivity contribution in [2.24, 2.45) is 0 Å². The molecule has 0 bridgehead atoms. The van der Waals surface area contributed by atoms with E-state index in [9.17, 15) is 18.8 Å². The van der Waals surface area contributed by atoms with E-state index in [1.54, 1.807) is 12.1 Å². The van der Waals surface area contributed by atoms with Crippen molar-refractivity contribution in [1.29, 1.82) is 0 Å². The number of nitrogens with one attached hydrogen (secondary N) is 2. The Bertz CT molecular complexity index is 734. The Balaban J connectivity index is 1.83. The van der Waals surface area contributed by atoms with Crippen LogP contribution in [0.4, 0.5) is 4.39 Å². The molecule has 1 heterocycles. The number of benzene rings is 1. The lowest BCUT2D eigenvalue weighted by Crippen LogP contribution is -2.36. The maximum absolute atomic E-state index is 12.7. The Morgan fingerprint density at radius 3 is 2.57 bits per heavy atom. The molecule has 0 spiro atoms. The van der Waals surface area contributed by atoms with Gasteiger partial charge in [0.05, 0.1) is 0 Å². The van der Waals surface area contributed by atoms with Gasteiger partial charge in [-0.15, -0.1) is 0 Å². The van der Waals surface area contributed by atoms with Crippen LogP contribution in [0.3, 0.4) is 0 Å². The molecule has 1 amide bonds. The number of halogens is 1. The Labute approximate surface area is 119 Å². The molecule has 6 nitrogen and oxygen atoms in total. The first kappa shape index (κ1) is 14.7. The number of nitrogens with zero attached hydrogens (tertiary/aromatic N) is 1. The van der Waals surface area contributed by atoms with E-state index in [0.29, 0.717) is 13.0 Å². The summed E-state index contributed by atoms with van der Waals surface area (Å²) in [5.74, 6) is -0.647. The molecular formula is C14H14FN3O3. The molecule has 1 aromatic heterocycles. The summed E-state index contributed by atoms with van der Waals surface area (Å²) < 4.78 is 13.8. The Morgan fingerprint density at radius 2 is 1.90 bits per heavy atom. The van der Waals surface area contributed by atoms with Gasteiger partial charge in [-0.05, 0) is 24.1 Å². The second-order valence-electron chi connectivity index (χ2n) is 4.46. The fraction of sp³-hybridized carbons (Fsp3) is 0.214. The van der Waals surface area contributed by atoms with Crippen LogP contribution >= 0.6 is 0 Å². The van der Waals surface area contributed by atoms with E-state index in [2.05, 4.69) is 10.3 Å². The standard InChI is InChI=1S/C14H14FN3O3/c15-11-3-1-10(2-4-11)5-7-16-13(20)9-18-8-6-12(19)17-14(18)21/h1-4,6,8H,5,7,9H2,(H,16,20)(H,17,19,21). The van der Waals surface area contributed by atoms with Crippen LogP contribution in [0.5, 0.6) is 0 Å². The van der Waals surface area contributed by atoms with Crippen molar-refractivity contribution >= 4 is 5.91 Å². The van der Waals surface area contributed by atoms with E-state index < -0.39 is 11.2 Å². The first-order valence-electron chi connectivity index (χ1n) is 6.35. The molecule has 7 heteroatoms. The lowest BCUT2D eigenvalue weighted by Gasteiger charge is -2.07. The van der Waals surface area contributed by atoms with Crippen molar-refractivity contribution in [2.75, 3.05) is 6.54 Å². The minimum absolute atomic E-state index is 0.168. The largest absolute Gasteiger partial charge is 0.354 e. The summed E-state index contributed by atoms with van der Waals surface area (Å²) in [5.41, 5.74) is -0.234. The first-order chi connectivity index (χ1) is 10.0. The summed E-state index contributed by atoms with van der Waals surface area (Å²) in [4.78, 5) is 36.0. The molecule has 0 radical (unpaired) electrons. The van der Waals surface area contributed by atoms with Gasteiger partial charge in [0.25, 0.3) is 5.56 Å². The van der Waals surface area contributed by atoms with Crippen molar-refractivity contribution in [3.63, 3.8) is 0 Å². The molecule has 0 aliphatic rings. The molecule has 0 saturated carbocycles. The van der Waals surface area contributed by atoms with Gasteiger partial charge in [0.15, 0.2) is 0 Å². The monoisotopic (exact) mass is 291 g/mol. The normalized spacial score (nSPS) is 10.3.